The molecule has 104 valence electrons. The van der Waals surface area contributed by atoms with Gasteiger partial charge in [0.25, 0.3) is 0 Å². The summed E-state index contributed by atoms with van der Waals surface area (Å²) in [6.45, 7) is 3.92. The number of thioether (sulfide) groups is 1. The Kier molecular flexibility index (Phi) is 5.85. The van der Waals surface area contributed by atoms with Gasteiger partial charge in [0, 0.05) is 11.4 Å². The van der Waals surface area contributed by atoms with E-state index in [0.29, 0.717) is 0 Å². The molecule has 0 aliphatic heterocycles. The summed E-state index contributed by atoms with van der Waals surface area (Å²) in [5.41, 5.74) is 8.27. The highest BCUT2D eigenvalue weighted by Crippen LogP contribution is 2.18. The second kappa shape index (κ2) is 7.16. The molecule has 6 heteroatoms. The number of carbonyl (C=O) groups is 2. The summed E-state index contributed by atoms with van der Waals surface area (Å²) in [6, 6.07) is 4.77. The maximum atomic E-state index is 11.7. The van der Waals surface area contributed by atoms with Crippen LogP contribution in [0.5, 0.6) is 0 Å². The third-order valence-electron chi connectivity index (χ3n) is 2.73. The van der Waals surface area contributed by atoms with Crippen molar-refractivity contribution in [2.45, 2.75) is 19.9 Å². The van der Waals surface area contributed by atoms with Gasteiger partial charge in [-0.05, 0) is 31.0 Å². The molecule has 0 bridgehead atoms. The van der Waals surface area contributed by atoms with E-state index in [-0.39, 0.29) is 17.4 Å². The number of rotatable bonds is 6. The van der Waals surface area contributed by atoms with Crippen LogP contribution in [0, 0.1) is 13.8 Å². The van der Waals surface area contributed by atoms with E-state index < -0.39 is 12.0 Å². The van der Waals surface area contributed by atoms with Gasteiger partial charge < -0.3 is 16.2 Å². The number of hydrogen-bond acceptors (Lipinski definition) is 4. The molecule has 1 aromatic carbocycles. The van der Waals surface area contributed by atoms with E-state index in [1.54, 1.807) is 0 Å². The van der Waals surface area contributed by atoms with E-state index in [1.807, 2.05) is 32.0 Å². The van der Waals surface area contributed by atoms with Crippen molar-refractivity contribution in [1.29, 1.82) is 0 Å². The predicted octanol–water partition coefficient (Wildman–Crippen LogP) is 1.39. The van der Waals surface area contributed by atoms with Gasteiger partial charge in [-0.15, -0.1) is 11.8 Å². The van der Waals surface area contributed by atoms with Crippen LogP contribution >= 0.6 is 11.8 Å². The second-order valence-electron chi connectivity index (χ2n) is 4.26. The first-order valence-electron chi connectivity index (χ1n) is 5.84. The van der Waals surface area contributed by atoms with Crippen LogP contribution in [-0.4, -0.2) is 34.5 Å². The number of anilines is 1. The number of carboxylic acids is 1. The highest BCUT2D eigenvalue weighted by Gasteiger charge is 2.12. The van der Waals surface area contributed by atoms with Gasteiger partial charge in [0.2, 0.25) is 5.91 Å². The van der Waals surface area contributed by atoms with Gasteiger partial charge in [-0.25, -0.2) is 0 Å². The molecule has 0 spiro atoms. The Labute approximate surface area is 116 Å². The fourth-order valence-corrected chi connectivity index (χ4v) is 2.19. The van der Waals surface area contributed by atoms with Gasteiger partial charge in [0.05, 0.1) is 5.75 Å². The molecule has 5 nitrogen and oxygen atoms in total. The molecule has 0 unspecified atom stereocenters. The number of carboxylic acid groups (broad SMARTS) is 1. The molecule has 19 heavy (non-hydrogen) atoms. The Morgan fingerprint density at radius 3 is 2.74 bits per heavy atom. The van der Waals surface area contributed by atoms with Crippen LogP contribution in [0.2, 0.25) is 0 Å². The van der Waals surface area contributed by atoms with E-state index in [4.69, 9.17) is 10.8 Å². The maximum Gasteiger partial charge on any atom is 0.321 e. The smallest absolute Gasteiger partial charge is 0.321 e. The summed E-state index contributed by atoms with van der Waals surface area (Å²) in [5.74, 6) is -0.803. The van der Waals surface area contributed by atoms with E-state index in [2.05, 4.69) is 5.32 Å². The lowest BCUT2D eigenvalue weighted by Gasteiger charge is -2.10. The molecule has 0 heterocycles. The average molecular weight is 282 g/mol. The molecule has 0 aromatic heterocycles. The first-order chi connectivity index (χ1) is 8.91. The SMILES string of the molecule is Cc1cccc(NC(=O)CSC[C@@H](N)C(=O)O)c1C. The zero-order valence-electron chi connectivity index (χ0n) is 11.0. The van der Waals surface area contributed by atoms with E-state index in [1.165, 1.54) is 11.8 Å². The Hall–Kier alpha value is -1.53. The van der Waals surface area contributed by atoms with Crippen molar-refractivity contribution < 1.29 is 14.7 Å². The molecule has 1 rings (SSSR count). The Morgan fingerprint density at radius 2 is 2.11 bits per heavy atom. The zero-order valence-corrected chi connectivity index (χ0v) is 11.8. The zero-order chi connectivity index (χ0) is 14.4. The van der Waals surface area contributed by atoms with Gasteiger partial charge in [-0.2, -0.15) is 0 Å². The van der Waals surface area contributed by atoms with Gasteiger partial charge in [0.1, 0.15) is 6.04 Å². The van der Waals surface area contributed by atoms with Crippen molar-refractivity contribution in [3.8, 4) is 0 Å². The standard InChI is InChI=1S/C13H18N2O3S/c1-8-4-3-5-11(9(8)2)15-12(16)7-19-6-10(14)13(17)18/h3-5,10H,6-7,14H2,1-2H3,(H,15,16)(H,17,18)/t10-/m1/s1. The van der Waals surface area contributed by atoms with Crippen LogP contribution in [0.25, 0.3) is 0 Å². The third kappa shape index (κ3) is 4.92. The Bertz CT molecular complexity index is 477. The van der Waals surface area contributed by atoms with E-state index >= 15 is 0 Å². The lowest BCUT2D eigenvalue weighted by Crippen LogP contribution is -2.33. The lowest BCUT2D eigenvalue weighted by atomic mass is 10.1. The van der Waals surface area contributed by atoms with Crippen LogP contribution in [-0.2, 0) is 9.59 Å². The largest absolute Gasteiger partial charge is 0.480 e. The van der Waals surface area contributed by atoms with Crippen molar-refractivity contribution in [2.75, 3.05) is 16.8 Å². The first-order valence-corrected chi connectivity index (χ1v) is 6.99. The van der Waals surface area contributed by atoms with E-state index in [9.17, 15) is 9.59 Å². The van der Waals surface area contributed by atoms with Crippen molar-refractivity contribution >= 4 is 29.3 Å². The Morgan fingerprint density at radius 1 is 1.42 bits per heavy atom. The summed E-state index contributed by atoms with van der Waals surface area (Å²) < 4.78 is 0. The Balaban J connectivity index is 2.43. The molecule has 1 atom stereocenters. The summed E-state index contributed by atoms with van der Waals surface area (Å²) in [6.07, 6.45) is 0. The molecule has 1 amide bonds. The van der Waals surface area contributed by atoms with Gasteiger partial charge in [0.15, 0.2) is 0 Å². The number of nitrogens with one attached hydrogen (secondary N) is 1. The third-order valence-corrected chi connectivity index (χ3v) is 3.79. The van der Waals surface area contributed by atoms with E-state index in [0.717, 1.165) is 16.8 Å². The normalized spacial score (nSPS) is 11.9. The fraction of sp³-hybridized carbons (Fsp3) is 0.385. The molecule has 1 aromatic rings. The maximum absolute atomic E-state index is 11.7. The molecule has 0 aliphatic rings. The van der Waals surface area contributed by atoms with Crippen molar-refractivity contribution in [1.82, 2.24) is 0 Å². The number of aryl methyl sites for hydroxylation is 1. The number of amides is 1. The number of hydrogen-bond donors (Lipinski definition) is 3. The minimum atomic E-state index is -1.05. The second-order valence-corrected chi connectivity index (χ2v) is 5.29. The summed E-state index contributed by atoms with van der Waals surface area (Å²) in [7, 11) is 0. The van der Waals surface area contributed by atoms with Crippen molar-refractivity contribution in [3.05, 3.63) is 29.3 Å². The van der Waals surface area contributed by atoms with Gasteiger partial charge in [-0.3, -0.25) is 9.59 Å². The molecule has 0 saturated carbocycles. The number of nitrogens with two attached hydrogens (primary N) is 1. The summed E-state index contributed by atoms with van der Waals surface area (Å²) >= 11 is 1.21. The number of benzene rings is 1. The monoisotopic (exact) mass is 282 g/mol. The molecular formula is C13H18N2O3S. The summed E-state index contributed by atoms with van der Waals surface area (Å²) in [5, 5.41) is 11.4. The average Bonchev–Trinajstić information content (AvgIpc) is 2.34. The molecular weight excluding hydrogens is 264 g/mol. The molecule has 0 saturated heterocycles. The van der Waals surface area contributed by atoms with Gasteiger partial charge in [-0.1, -0.05) is 12.1 Å². The number of carbonyl (C=O) groups excluding carboxylic acids is 1. The lowest BCUT2D eigenvalue weighted by molar-refractivity contribution is -0.137. The number of aliphatic carboxylic acids is 1. The molecule has 0 fully saturated rings. The highest BCUT2D eigenvalue weighted by atomic mass is 32.2. The van der Waals surface area contributed by atoms with Crippen LogP contribution in [0.3, 0.4) is 0 Å². The fourth-order valence-electron chi connectivity index (χ4n) is 1.42. The summed E-state index contributed by atoms with van der Waals surface area (Å²) in [4.78, 5) is 22.2. The van der Waals surface area contributed by atoms with Crippen LogP contribution in [0.15, 0.2) is 18.2 Å². The minimum Gasteiger partial charge on any atom is -0.480 e. The highest BCUT2D eigenvalue weighted by molar-refractivity contribution is 8.00. The molecule has 0 radical (unpaired) electrons. The topological polar surface area (TPSA) is 92.4 Å². The van der Waals surface area contributed by atoms with Crippen molar-refractivity contribution in [3.63, 3.8) is 0 Å². The predicted molar refractivity (Wildman–Crippen MR) is 77.5 cm³/mol. The quantitative estimate of drug-likeness (QED) is 0.733. The molecule has 4 N–H and O–H groups in total. The molecule has 0 aliphatic carbocycles. The van der Waals surface area contributed by atoms with Crippen molar-refractivity contribution in [2.24, 2.45) is 5.73 Å². The first kappa shape index (κ1) is 15.5. The van der Waals surface area contributed by atoms with Gasteiger partial charge >= 0.3 is 5.97 Å². The van der Waals surface area contributed by atoms with Crippen LogP contribution < -0.4 is 11.1 Å². The van der Waals surface area contributed by atoms with Crippen LogP contribution in [0.1, 0.15) is 11.1 Å². The van der Waals surface area contributed by atoms with Crippen LogP contribution in [0.4, 0.5) is 5.69 Å². The minimum absolute atomic E-state index is 0.156.